The lowest BCUT2D eigenvalue weighted by atomic mass is 9.84. The van der Waals surface area contributed by atoms with Gasteiger partial charge < -0.3 is 16.4 Å². The van der Waals surface area contributed by atoms with Gasteiger partial charge in [-0.05, 0) is 57.5 Å². The first kappa shape index (κ1) is 15.4. The summed E-state index contributed by atoms with van der Waals surface area (Å²) in [5, 5.41) is 0. The molecule has 1 aliphatic rings. The number of nitrogens with zero attached hydrogens (tertiary/aromatic N) is 1. The van der Waals surface area contributed by atoms with Gasteiger partial charge in [0, 0.05) is 6.54 Å². The summed E-state index contributed by atoms with van der Waals surface area (Å²) < 4.78 is 0. The number of piperidine rings is 1. The van der Waals surface area contributed by atoms with E-state index in [1.165, 1.54) is 25.9 Å². The van der Waals surface area contributed by atoms with E-state index in [1.807, 2.05) is 0 Å². The second-order valence-electron chi connectivity index (χ2n) is 6.78. The van der Waals surface area contributed by atoms with E-state index in [-0.39, 0.29) is 0 Å². The second kappa shape index (κ2) is 6.02. The maximum Gasteiger partial charge on any atom is 0.237 e. The minimum absolute atomic E-state index is 0.401. The molecule has 1 saturated heterocycles. The predicted molar refractivity (Wildman–Crippen MR) is 75.1 cm³/mol. The van der Waals surface area contributed by atoms with Crippen molar-refractivity contribution in [3.8, 4) is 0 Å². The van der Waals surface area contributed by atoms with Gasteiger partial charge in [-0.25, -0.2) is 0 Å². The van der Waals surface area contributed by atoms with E-state index in [0.717, 1.165) is 19.4 Å². The van der Waals surface area contributed by atoms with Crippen LogP contribution in [0, 0.1) is 5.41 Å². The molecule has 1 atom stereocenters. The SMILES string of the molecule is CC1(C)CCCN(CCCCC(C)(N)C(N)=O)C1. The van der Waals surface area contributed by atoms with Gasteiger partial charge in [0.2, 0.25) is 5.91 Å². The molecule has 0 aromatic heterocycles. The fourth-order valence-corrected chi connectivity index (χ4v) is 2.69. The van der Waals surface area contributed by atoms with Crippen LogP contribution in [-0.2, 0) is 4.79 Å². The van der Waals surface area contributed by atoms with Crippen LogP contribution in [0.5, 0.6) is 0 Å². The summed E-state index contributed by atoms with van der Waals surface area (Å²) in [5.41, 5.74) is 10.7. The molecule has 106 valence electrons. The third-order valence-corrected chi connectivity index (χ3v) is 3.96. The number of carbonyl (C=O) groups is 1. The summed E-state index contributed by atoms with van der Waals surface area (Å²) >= 11 is 0. The number of hydrogen-bond acceptors (Lipinski definition) is 3. The molecule has 18 heavy (non-hydrogen) atoms. The summed E-state index contributed by atoms with van der Waals surface area (Å²) in [6, 6.07) is 0. The van der Waals surface area contributed by atoms with Crippen LogP contribution >= 0.6 is 0 Å². The summed E-state index contributed by atoms with van der Waals surface area (Å²) in [5.74, 6) is -0.401. The van der Waals surface area contributed by atoms with Gasteiger partial charge in [-0.15, -0.1) is 0 Å². The highest BCUT2D eigenvalue weighted by molar-refractivity contribution is 5.83. The largest absolute Gasteiger partial charge is 0.368 e. The number of hydrogen-bond donors (Lipinski definition) is 2. The average molecular weight is 255 g/mol. The Morgan fingerprint density at radius 1 is 1.39 bits per heavy atom. The van der Waals surface area contributed by atoms with Gasteiger partial charge >= 0.3 is 0 Å². The van der Waals surface area contributed by atoms with E-state index in [4.69, 9.17) is 11.5 Å². The fourth-order valence-electron chi connectivity index (χ4n) is 2.69. The Hall–Kier alpha value is -0.610. The summed E-state index contributed by atoms with van der Waals surface area (Å²) in [6.45, 7) is 9.89. The van der Waals surface area contributed by atoms with Crippen LogP contribution in [0.1, 0.15) is 52.9 Å². The lowest BCUT2D eigenvalue weighted by molar-refractivity contribution is -0.122. The van der Waals surface area contributed by atoms with E-state index in [0.29, 0.717) is 11.8 Å². The van der Waals surface area contributed by atoms with Crippen molar-refractivity contribution in [1.82, 2.24) is 4.90 Å². The first-order valence-electron chi connectivity index (χ1n) is 7.04. The number of unbranched alkanes of at least 4 members (excludes halogenated alkanes) is 1. The summed E-state index contributed by atoms with van der Waals surface area (Å²) in [6.07, 6.45) is 5.36. The maximum absolute atomic E-state index is 11.1. The van der Waals surface area contributed by atoms with E-state index in [2.05, 4.69) is 18.7 Å². The third-order valence-electron chi connectivity index (χ3n) is 3.96. The van der Waals surface area contributed by atoms with Crippen molar-refractivity contribution in [3.05, 3.63) is 0 Å². The van der Waals surface area contributed by atoms with Crippen LogP contribution in [0.2, 0.25) is 0 Å². The van der Waals surface area contributed by atoms with Crippen molar-refractivity contribution < 1.29 is 4.79 Å². The molecule has 0 saturated carbocycles. The molecule has 1 heterocycles. The zero-order valence-corrected chi connectivity index (χ0v) is 12.2. The number of nitrogens with two attached hydrogens (primary N) is 2. The Kier molecular flexibility index (Phi) is 5.17. The fraction of sp³-hybridized carbons (Fsp3) is 0.929. The number of amides is 1. The van der Waals surface area contributed by atoms with Gasteiger partial charge in [0.05, 0.1) is 5.54 Å². The molecule has 4 nitrogen and oxygen atoms in total. The second-order valence-corrected chi connectivity index (χ2v) is 6.78. The Bertz CT molecular complexity index is 287. The van der Waals surface area contributed by atoms with Gasteiger partial charge in [-0.3, -0.25) is 4.79 Å². The van der Waals surface area contributed by atoms with E-state index < -0.39 is 11.4 Å². The average Bonchev–Trinajstić information content (AvgIpc) is 2.23. The van der Waals surface area contributed by atoms with Crippen LogP contribution in [0.3, 0.4) is 0 Å². The first-order valence-corrected chi connectivity index (χ1v) is 7.04. The van der Waals surface area contributed by atoms with Gasteiger partial charge in [0.25, 0.3) is 0 Å². The maximum atomic E-state index is 11.1. The van der Waals surface area contributed by atoms with E-state index >= 15 is 0 Å². The number of likely N-dealkylation sites (tertiary alicyclic amines) is 1. The monoisotopic (exact) mass is 255 g/mol. The molecule has 0 bridgehead atoms. The smallest absolute Gasteiger partial charge is 0.237 e. The topological polar surface area (TPSA) is 72.3 Å². The predicted octanol–water partition coefficient (Wildman–Crippen LogP) is 1.48. The highest BCUT2D eigenvalue weighted by Crippen LogP contribution is 2.28. The Morgan fingerprint density at radius 2 is 2.06 bits per heavy atom. The summed E-state index contributed by atoms with van der Waals surface area (Å²) in [7, 11) is 0. The summed E-state index contributed by atoms with van der Waals surface area (Å²) in [4.78, 5) is 13.6. The zero-order chi connectivity index (χ0) is 13.8. The molecule has 4 heteroatoms. The standard InChI is InChI=1S/C14H29N3O/c1-13(2)7-6-10-17(11-13)9-5-4-8-14(3,16)12(15)18/h4-11,16H2,1-3H3,(H2,15,18). The van der Waals surface area contributed by atoms with E-state index in [1.54, 1.807) is 6.92 Å². The minimum atomic E-state index is -0.846. The third kappa shape index (κ3) is 4.94. The highest BCUT2D eigenvalue weighted by atomic mass is 16.1. The number of primary amides is 1. The van der Waals surface area contributed by atoms with Gasteiger partial charge in [-0.2, -0.15) is 0 Å². The van der Waals surface area contributed by atoms with Crippen LogP contribution in [-0.4, -0.2) is 36.0 Å². The van der Waals surface area contributed by atoms with Crippen molar-refractivity contribution in [3.63, 3.8) is 0 Å². The minimum Gasteiger partial charge on any atom is -0.368 e. The molecule has 1 amide bonds. The zero-order valence-electron chi connectivity index (χ0n) is 12.2. The molecule has 0 spiro atoms. The molecule has 4 N–H and O–H groups in total. The Labute approximate surface area is 111 Å². The van der Waals surface area contributed by atoms with Crippen molar-refractivity contribution in [2.24, 2.45) is 16.9 Å². The molecule has 1 unspecified atom stereocenters. The van der Waals surface area contributed by atoms with Crippen molar-refractivity contribution in [2.75, 3.05) is 19.6 Å². The molecule has 0 aromatic carbocycles. The molecule has 1 rings (SSSR count). The normalized spacial score (nSPS) is 23.6. The lowest BCUT2D eigenvalue weighted by Gasteiger charge is -2.38. The molecule has 1 aliphatic heterocycles. The molecule has 1 fully saturated rings. The van der Waals surface area contributed by atoms with Gasteiger partial charge in [0.1, 0.15) is 0 Å². The van der Waals surface area contributed by atoms with Gasteiger partial charge in [-0.1, -0.05) is 13.8 Å². The number of carbonyl (C=O) groups excluding carboxylic acids is 1. The highest BCUT2D eigenvalue weighted by Gasteiger charge is 2.27. The van der Waals surface area contributed by atoms with Crippen LogP contribution < -0.4 is 11.5 Å². The lowest BCUT2D eigenvalue weighted by Crippen LogP contribution is -2.49. The number of rotatable bonds is 6. The van der Waals surface area contributed by atoms with Crippen LogP contribution in [0.25, 0.3) is 0 Å². The Balaban J connectivity index is 2.20. The van der Waals surface area contributed by atoms with Crippen molar-refractivity contribution in [2.45, 2.75) is 58.4 Å². The quantitative estimate of drug-likeness (QED) is 0.706. The van der Waals surface area contributed by atoms with E-state index in [9.17, 15) is 4.79 Å². The Morgan fingerprint density at radius 3 is 2.61 bits per heavy atom. The van der Waals surface area contributed by atoms with Crippen molar-refractivity contribution in [1.29, 1.82) is 0 Å². The first-order chi connectivity index (χ1) is 8.23. The molecular weight excluding hydrogens is 226 g/mol. The molecule has 0 aromatic rings. The van der Waals surface area contributed by atoms with Crippen molar-refractivity contribution >= 4 is 5.91 Å². The van der Waals surface area contributed by atoms with Gasteiger partial charge in [0.15, 0.2) is 0 Å². The molecule has 0 aliphatic carbocycles. The van der Waals surface area contributed by atoms with Crippen LogP contribution in [0.15, 0.2) is 0 Å². The molecular formula is C14H29N3O. The molecule has 0 radical (unpaired) electrons. The van der Waals surface area contributed by atoms with Crippen LogP contribution in [0.4, 0.5) is 0 Å².